The van der Waals surface area contributed by atoms with Crippen LogP contribution in [0.15, 0.2) is 90.3 Å². The van der Waals surface area contributed by atoms with Gasteiger partial charge in [-0.25, -0.2) is 9.97 Å². The lowest BCUT2D eigenvalue weighted by Crippen LogP contribution is -2.15. The lowest BCUT2D eigenvalue weighted by Gasteiger charge is -2.14. The van der Waals surface area contributed by atoms with Crippen LogP contribution in [0.5, 0.6) is 0 Å². The molecule has 5 heteroatoms. The van der Waals surface area contributed by atoms with E-state index >= 15 is 0 Å². The van der Waals surface area contributed by atoms with Crippen LogP contribution >= 0.6 is 11.3 Å². The van der Waals surface area contributed by atoms with E-state index in [0.29, 0.717) is 10.7 Å². The van der Waals surface area contributed by atoms with Gasteiger partial charge in [0.25, 0.3) is 5.91 Å². The maximum Gasteiger partial charge on any atom is 0.258 e. The highest BCUT2D eigenvalue weighted by molar-refractivity contribution is 7.14. The molecular formula is C29H25N3OS. The fourth-order valence-corrected chi connectivity index (χ4v) is 4.75. The molecule has 0 aliphatic carbocycles. The van der Waals surface area contributed by atoms with Crippen LogP contribution < -0.4 is 5.32 Å². The van der Waals surface area contributed by atoms with Gasteiger partial charge < -0.3 is 0 Å². The maximum atomic E-state index is 13.3. The summed E-state index contributed by atoms with van der Waals surface area (Å²) in [5.74, 6) is -0.185. The third-order valence-electron chi connectivity index (χ3n) is 5.74. The number of anilines is 1. The van der Waals surface area contributed by atoms with Crippen LogP contribution in [0, 0.1) is 0 Å². The smallest absolute Gasteiger partial charge is 0.258 e. The monoisotopic (exact) mass is 463 g/mol. The zero-order valence-corrected chi connectivity index (χ0v) is 20.2. The molecule has 0 spiro atoms. The number of benzene rings is 3. The molecule has 0 saturated carbocycles. The van der Waals surface area contributed by atoms with E-state index in [-0.39, 0.29) is 11.3 Å². The summed E-state index contributed by atoms with van der Waals surface area (Å²) in [6, 6.07) is 28.2. The van der Waals surface area contributed by atoms with Crippen molar-refractivity contribution in [2.45, 2.75) is 26.2 Å². The lowest BCUT2D eigenvalue weighted by molar-refractivity contribution is 0.102. The van der Waals surface area contributed by atoms with E-state index in [1.165, 1.54) is 16.9 Å². The van der Waals surface area contributed by atoms with E-state index in [4.69, 9.17) is 4.98 Å². The van der Waals surface area contributed by atoms with E-state index in [1.807, 2.05) is 53.9 Å². The van der Waals surface area contributed by atoms with Gasteiger partial charge in [0.2, 0.25) is 0 Å². The van der Waals surface area contributed by atoms with Crippen LogP contribution in [-0.4, -0.2) is 15.9 Å². The molecule has 3 aromatic carbocycles. The van der Waals surface area contributed by atoms with Gasteiger partial charge in [0.05, 0.1) is 22.5 Å². The first-order valence-electron chi connectivity index (χ1n) is 11.2. The van der Waals surface area contributed by atoms with Gasteiger partial charge in [-0.05, 0) is 23.3 Å². The van der Waals surface area contributed by atoms with Crippen molar-refractivity contribution in [3.8, 4) is 22.4 Å². The minimum absolute atomic E-state index is 0.0675. The average Bonchev–Trinajstić information content (AvgIpc) is 3.33. The van der Waals surface area contributed by atoms with Crippen LogP contribution in [0.25, 0.3) is 33.3 Å². The fraction of sp³-hybridized carbons (Fsp3) is 0.138. The van der Waals surface area contributed by atoms with Crippen molar-refractivity contribution in [2.75, 3.05) is 5.32 Å². The van der Waals surface area contributed by atoms with Gasteiger partial charge >= 0.3 is 0 Å². The quantitative estimate of drug-likeness (QED) is 0.299. The highest BCUT2D eigenvalue weighted by Crippen LogP contribution is 2.30. The van der Waals surface area contributed by atoms with Crippen molar-refractivity contribution in [3.63, 3.8) is 0 Å². The fourth-order valence-electron chi connectivity index (χ4n) is 3.82. The summed E-state index contributed by atoms with van der Waals surface area (Å²) in [7, 11) is 0. The highest BCUT2D eigenvalue weighted by atomic mass is 32.1. The van der Waals surface area contributed by atoms with Gasteiger partial charge in [0.15, 0.2) is 5.13 Å². The number of carbonyl (C=O) groups excluding carboxylic acids is 1. The number of aromatic nitrogens is 2. The van der Waals surface area contributed by atoms with Crippen molar-refractivity contribution in [3.05, 3.63) is 102 Å². The molecule has 5 aromatic rings. The third kappa shape index (κ3) is 4.47. The second-order valence-electron chi connectivity index (χ2n) is 9.26. The molecule has 4 nitrogen and oxygen atoms in total. The number of nitrogens with one attached hydrogen (secondary N) is 1. The number of hydrogen-bond acceptors (Lipinski definition) is 4. The van der Waals surface area contributed by atoms with Gasteiger partial charge in [-0.1, -0.05) is 93.6 Å². The molecule has 0 bridgehead atoms. The molecule has 0 atom stereocenters. The molecule has 168 valence electrons. The lowest BCUT2D eigenvalue weighted by atomic mass is 9.93. The number of thiazole rings is 1. The zero-order valence-electron chi connectivity index (χ0n) is 19.4. The topological polar surface area (TPSA) is 54.9 Å². The standard InChI is InChI=1S/C29H25N3OS/c1-29(2,3)26-18-34-28(31-26)32-27(33)23-17-25(30-24-12-8-7-11-22(23)24)21-15-13-20(14-16-21)19-9-5-4-6-10-19/h4-18H,1-3H3,(H,31,32,33). The molecular weight excluding hydrogens is 438 g/mol. The molecule has 1 N–H and O–H groups in total. The van der Waals surface area contributed by atoms with Crippen LogP contribution in [0.3, 0.4) is 0 Å². The first kappa shape index (κ1) is 22.0. The molecule has 0 fully saturated rings. The summed E-state index contributed by atoms with van der Waals surface area (Å²) in [5, 5.41) is 6.41. The summed E-state index contributed by atoms with van der Waals surface area (Å²) in [6.07, 6.45) is 0. The zero-order chi connectivity index (χ0) is 23.7. The number of fused-ring (bicyclic) bond motifs is 1. The number of pyridine rings is 1. The Morgan fingerprint density at radius 2 is 1.44 bits per heavy atom. The number of nitrogens with zero attached hydrogens (tertiary/aromatic N) is 2. The Kier molecular flexibility index (Phi) is 5.72. The van der Waals surface area contributed by atoms with Crippen molar-refractivity contribution in [2.24, 2.45) is 0 Å². The van der Waals surface area contributed by atoms with Gasteiger partial charge in [0, 0.05) is 21.7 Å². The summed E-state index contributed by atoms with van der Waals surface area (Å²) >= 11 is 1.45. The Hall–Kier alpha value is -3.83. The number of hydrogen-bond donors (Lipinski definition) is 1. The van der Waals surface area contributed by atoms with Crippen molar-refractivity contribution in [1.29, 1.82) is 0 Å². The molecule has 2 aromatic heterocycles. The van der Waals surface area contributed by atoms with Crippen LogP contribution in [0.1, 0.15) is 36.8 Å². The third-order valence-corrected chi connectivity index (χ3v) is 6.50. The van der Waals surface area contributed by atoms with E-state index in [2.05, 4.69) is 67.5 Å². The van der Waals surface area contributed by atoms with Crippen molar-refractivity contribution in [1.82, 2.24) is 9.97 Å². The normalized spacial score (nSPS) is 11.5. The highest BCUT2D eigenvalue weighted by Gasteiger charge is 2.20. The Morgan fingerprint density at radius 3 is 2.15 bits per heavy atom. The summed E-state index contributed by atoms with van der Waals surface area (Å²) in [5.41, 5.74) is 6.29. The van der Waals surface area contributed by atoms with Crippen LogP contribution in [0.4, 0.5) is 5.13 Å². The van der Waals surface area contributed by atoms with Crippen molar-refractivity contribution >= 4 is 33.3 Å². The number of para-hydroxylation sites is 1. The van der Waals surface area contributed by atoms with Gasteiger partial charge in [-0.3, -0.25) is 10.1 Å². The second kappa shape index (κ2) is 8.84. The first-order valence-corrected chi connectivity index (χ1v) is 12.1. The Morgan fingerprint density at radius 1 is 0.794 bits per heavy atom. The summed E-state index contributed by atoms with van der Waals surface area (Å²) in [4.78, 5) is 22.8. The van der Waals surface area contributed by atoms with Crippen LogP contribution in [-0.2, 0) is 5.41 Å². The van der Waals surface area contributed by atoms with Gasteiger partial charge in [-0.2, -0.15) is 0 Å². The molecule has 0 aliphatic heterocycles. The molecule has 0 radical (unpaired) electrons. The molecule has 0 aliphatic rings. The molecule has 34 heavy (non-hydrogen) atoms. The number of carbonyl (C=O) groups is 1. The predicted octanol–water partition coefficient (Wildman–Crippen LogP) is 7.58. The van der Waals surface area contributed by atoms with E-state index in [9.17, 15) is 4.79 Å². The largest absolute Gasteiger partial charge is 0.298 e. The van der Waals surface area contributed by atoms with Crippen molar-refractivity contribution < 1.29 is 4.79 Å². The van der Waals surface area contributed by atoms with E-state index in [0.717, 1.165) is 33.4 Å². The minimum atomic E-state index is -0.185. The predicted molar refractivity (Wildman–Crippen MR) is 141 cm³/mol. The van der Waals surface area contributed by atoms with E-state index in [1.54, 1.807) is 0 Å². The molecule has 0 unspecified atom stereocenters. The first-order chi connectivity index (χ1) is 16.4. The maximum absolute atomic E-state index is 13.3. The Bertz CT molecular complexity index is 1470. The number of amides is 1. The van der Waals surface area contributed by atoms with Crippen LogP contribution in [0.2, 0.25) is 0 Å². The Balaban J connectivity index is 1.50. The van der Waals surface area contributed by atoms with E-state index < -0.39 is 0 Å². The molecule has 0 saturated heterocycles. The Labute approximate surface area is 203 Å². The van der Waals surface area contributed by atoms with Gasteiger partial charge in [0.1, 0.15) is 0 Å². The van der Waals surface area contributed by atoms with Gasteiger partial charge in [-0.15, -0.1) is 11.3 Å². The minimum Gasteiger partial charge on any atom is -0.298 e. The summed E-state index contributed by atoms with van der Waals surface area (Å²) in [6.45, 7) is 6.33. The molecule has 5 rings (SSSR count). The molecule has 2 heterocycles. The SMILES string of the molecule is CC(C)(C)c1csc(NC(=O)c2cc(-c3ccc(-c4ccccc4)cc3)nc3ccccc23)n1. The molecule has 1 amide bonds. The number of rotatable bonds is 4. The second-order valence-corrected chi connectivity index (χ2v) is 10.1. The average molecular weight is 464 g/mol. The summed E-state index contributed by atoms with van der Waals surface area (Å²) < 4.78 is 0.